The maximum absolute atomic E-state index is 13.9. The van der Waals surface area contributed by atoms with Crippen LogP contribution in [0.2, 0.25) is 0 Å². The summed E-state index contributed by atoms with van der Waals surface area (Å²) in [7, 11) is 0. The van der Waals surface area contributed by atoms with Crippen LogP contribution in [0.3, 0.4) is 0 Å². The minimum absolute atomic E-state index is 0.115. The van der Waals surface area contributed by atoms with E-state index < -0.39 is 11.6 Å². The van der Waals surface area contributed by atoms with Gasteiger partial charge in [-0.1, -0.05) is 13.0 Å². The Morgan fingerprint density at radius 2 is 1.86 bits per heavy atom. The Kier molecular flexibility index (Phi) is 5.12. The van der Waals surface area contributed by atoms with E-state index in [2.05, 4.69) is 12.2 Å². The van der Waals surface area contributed by atoms with Crippen LogP contribution in [0.1, 0.15) is 42.0 Å². The lowest BCUT2D eigenvalue weighted by Crippen LogP contribution is -2.25. The summed E-state index contributed by atoms with van der Waals surface area (Å²) in [5, 5.41) is 3.35. The quantitative estimate of drug-likeness (QED) is 0.850. The number of hydrogen-bond donors (Lipinski definition) is 1. The first-order valence-corrected chi connectivity index (χ1v) is 7.26. The van der Waals surface area contributed by atoms with Gasteiger partial charge in [-0.25, -0.2) is 8.78 Å². The van der Waals surface area contributed by atoms with Gasteiger partial charge in [-0.2, -0.15) is 0 Å². The number of halogens is 2. The first-order valence-electron chi connectivity index (χ1n) is 7.26. The van der Waals surface area contributed by atoms with Crippen molar-refractivity contribution in [2.75, 3.05) is 6.54 Å². The third kappa shape index (κ3) is 3.70. The lowest BCUT2D eigenvalue weighted by Gasteiger charge is -2.19. The van der Waals surface area contributed by atoms with Crippen LogP contribution in [0.4, 0.5) is 8.78 Å². The van der Waals surface area contributed by atoms with E-state index in [1.54, 1.807) is 0 Å². The van der Waals surface area contributed by atoms with Crippen molar-refractivity contribution in [3.63, 3.8) is 0 Å². The van der Waals surface area contributed by atoms with Crippen molar-refractivity contribution in [3.8, 4) is 0 Å². The second kappa shape index (κ2) is 6.85. The maximum atomic E-state index is 13.9. The number of hydrogen-bond acceptors (Lipinski definition) is 2. The molecule has 0 saturated heterocycles. The first-order chi connectivity index (χ1) is 10.0. The second-order valence-electron chi connectivity index (χ2n) is 5.28. The summed E-state index contributed by atoms with van der Waals surface area (Å²) >= 11 is 0. The lowest BCUT2D eigenvalue weighted by molar-refractivity contribution is 0.467. The van der Waals surface area contributed by atoms with Crippen LogP contribution in [-0.2, 0) is 6.42 Å². The average molecular weight is 293 g/mol. The second-order valence-corrected chi connectivity index (χ2v) is 5.28. The van der Waals surface area contributed by atoms with Crippen LogP contribution in [0.15, 0.2) is 28.7 Å². The molecular formula is C17H21F2NO. The smallest absolute Gasteiger partial charge is 0.129 e. The molecule has 21 heavy (non-hydrogen) atoms. The third-order valence-corrected chi connectivity index (χ3v) is 3.57. The van der Waals surface area contributed by atoms with Gasteiger partial charge in [-0.15, -0.1) is 0 Å². The van der Waals surface area contributed by atoms with Crippen LogP contribution in [0.5, 0.6) is 0 Å². The van der Waals surface area contributed by atoms with Gasteiger partial charge in [-0.05, 0) is 51.4 Å². The van der Waals surface area contributed by atoms with E-state index in [4.69, 9.17) is 4.42 Å². The van der Waals surface area contributed by atoms with E-state index in [9.17, 15) is 8.78 Å². The van der Waals surface area contributed by atoms with Gasteiger partial charge in [0.05, 0.1) is 0 Å². The minimum atomic E-state index is -0.504. The predicted octanol–water partition coefficient (Wildman–Crippen LogP) is 4.46. The molecule has 0 radical (unpaired) electrons. The van der Waals surface area contributed by atoms with E-state index in [1.807, 2.05) is 19.9 Å². The van der Waals surface area contributed by atoms with Gasteiger partial charge in [0.25, 0.3) is 0 Å². The fourth-order valence-corrected chi connectivity index (χ4v) is 2.54. The molecule has 0 fully saturated rings. The molecule has 1 atom stereocenters. The number of furan rings is 1. The van der Waals surface area contributed by atoms with E-state index >= 15 is 0 Å². The number of aryl methyl sites for hydroxylation is 2. The third-order valence-electron chi connectivity index (χ3n) is 3.57. The molecular weight excluding hydrogens is 272 g/mol. The highest BCUT2D eigenvalue weighted by Gasteiger charge is 2.20. The van der Waals surface area contributed by atoms with Crippen LogP contribution < -0.4 is 5.32 Å². The zero-order valence-electron chi connectivity index (χ0n) is 12.7. The van der Waals surface area contributed by atoms with Crippen molar-refractivity contribution in [1.29, 1.82) is 0 Å². The average Bonchev–Trinajstić information content (AvgIpc) is 2.76. The van der Waals surface area contributed by atoms with Crippen LogP contribution in [-0.4, -0.2) is 6.54 Å². The maximum Gasteiger partial charge on any atom is 0.129 e. The molecule has 1 N–H and O–H groups in total. The number of nitrogens with one attached hydrogen (secondary N) is 1. The molecule has 0 aliphatic rings. The molecule has 2 rings (SSSR count). The Morgan fingerprint density at radius 3 is 2.38 bits per heavy atom. The molecule has 0 aliphatic carbocycles. The molecule has 1 aromatic heterocycles. The molecule has 4 heteroatoms. The molecule has 1 heterocycles. The van der Waals surface area contributed by atoms with Crippen molar-refractivity contribution >= 4 is 0 Å². The topological polar surface area (TPSA) is 25.2 Å². The van der Waals surface area contributed by atoms with Gasteiger partial charge in [-0.3, -0.25) is 0 Å². The first kappa shape index (κ1) is 15.7. The van der Waals surface area contributed by atoms with Gasteiger partial charge < -0.3 is 9.73 Å². The molecule has 0 aliphatic heterocycles. The molecule has 0 saturated carbocycles. The summed E-state index contributed by atoms with van der Waals surface area (Å²) in [6.45, 7) is 6.59. The monoisotopic (exact) mass is 293 g/mol. The summed E-state index contributed by atoms with van der Waals surface area (Å²) < 4.78 is 33.3. The van der Waals surface area contributed by atoms with Crippen LogP contribution in [0, 0.1) is 25.5 Å². The van der Waals surface area contributed by atoms with Gasteiger partial charge in [0, 0.05) is 17.2 Å². The van der Waals surface area contributed by atoms with Gasteiger partial charge in [0.2, 0.25) is 0 Å². The van der Waals surface area contributed by atoms with Crippen molar-refractivity contribution in [3.05, 3.63) is 58.5 Å². The Balaban J connectivity index is 2.30. The molecule has 0 spiro atoms. The molecule has 2 nitrogen and oxygen atoms in total. The Labute approximate surface area is 124 Å². The summed E-state index contributed by atoms with van der Waals surface area (Å²) in [6, 6.07) is 5.75. The number of rotatable bonds is 6. The zero-order valence-corrected chi connectivity index (χ0v) is 12.7. The largest absolute Gasteiger partial charge is 0.466 e. The molecule has 0 bridgehead atoms. The standard InChI is InChI=1S/C17H21F2NO/c1-4-8-20-17(13-9-11(2)21-12(13)3)10-14-15(18)6-5-7-16(14)19/h5-7,9,17,20H,4,8,10H2,1-3H3. The van der Waals surface area contributed by atoms with Crippen molar-refractivity contribution < 1.29 is 13.2 Å². The van der Waals surface area contributed by atoms with Crippen molar-refractivity contribution in [2.24, 2.45) is 0 Å². The highest BCUT2D eigenvalue weighted by atomic mass is 19.1. The molecule has 1 unspecified atom stereocenters. The molecule has 1 aromatic carbocycles. The summed E-state index contributed by atoms with van der Waals surface area (Å²) in [5.74, 6) is 0.588. The molecule has 114 valence electrons. The Morgan fingerprint density at radius 1 is 1.19 bits per heavy atom. The van der Waals surface area contributed by atoms with Crippen molar-refractivity contribution in [2.45, 2.75) is 39.7 Å². The predicted molar refractivity (Wildman–Crippen MR) is 79.3 cm³/mol. The molecule has 2 aromatic rings. The summed E-state index contributed by atoms with van der Waals surface area (Å²) in [6.07, 6.45) is 1.21. The van der Waals surface area contributed by atoms with Gasteiger partial charge in [0.15, 0.2) is 0 Å². The van der Waals surface area contributed by atoms with E-state index in [1.165, 1.54) is 18.2 Å². The number of benzene rings is 1. The highest BCUT2D eigenvalue weighted by Crippen LogP contribution is 2.26. The Bertz CT molecular complexity index is 587. The van der Waals surface area contributed by atoms with E-state index in [-0.39, 0.29) is 18.0 Å². The van der Waals surface area contributed by atoms with Gasteiger partial charge >= 0.3 is 0 Å². The Hall–Kier alpha value is -1.68. The van der Waals surface area contributed by atoms with Gasteiger partial charge in [0.1, 0.15) is 23.2 Å². The van der Waals surface area contributed by atoms with Crippen LogP contribution in [0.25, 0.3) is 0 Å². The van der Waals surface area contributed by atoms with Crippen molar-refractivity contribution in [1.82, 2.24) is 5.32 Å². The summed E-state index contributed by atoms with van der Waals surface area (Å²) in [5.41, 5.74) is 1.08. The fourth-order valence-electron chi connectivity index (χ4n) is 2.54. The van der Waals surface area contributed by atoms with Crippen LogP contribution >= 0.6 is 0 Å². The zero-order chi connectivity index (χ0) is 15.4. The highest BCUT2D eigenvalue weighted by molar-refractivity contribution is 5.28. The molecule has 0 amide bonds. The summed E-state index contributed by atoms with van der Waals surface area (Å²) in [4.78, 5) is 0. The SMILES string of the molecule is CCCNC(Cc1c(F)cccc1F)c1cc(C)oc1C. The normalized spacial score (nSPS) is 12.6. The fraction of sp³-hybridized carbons (Fsp3) is 0.412. The van der Waals surface area contributed by atoms with E-state index in [0.717, 1.165) is 30.0 Å². The van der Waals surface area contributed by atoms with E-state index in [0.29, 0.717) is 0 Å². The lowest BCUT2D eigenvalue weighted by atomic mass is 9.98. The minimum Gasteiger partial charge on any atom is -0.466 e.